The van der Waals surface area contributed by atoms with E-state index in [1.165, 1.54) is 5.56 Å². The van der Waals surface area contributed by atoms with Gasteiger partial charge in [-0.2, -0.15) is 0 Å². The first-order valence-electron chi connectivity index (χ1n) is 5.70. The quantitative estimate of drug-likeness (QED) is 0.704. The standard InChI is InChI=1S/C14H17NO/c1-3-4-10-13-15-11(2)14(16-13)12-8-6-5-7-9-12/h3,5-9,11,14H,1,4,10H2,2H3/t11-,14-/m1/s1. The molecule has 0 aromatic heterocycles. The first-order valence-corrected chi connectivity index (χ1v) is 5.70. The minimum Gasteiger partial charge on any atom is -0.471 e. The molecule has 1 aromatic rings. The maximum Gasteiger partial charge on any atom is 0.184 e. The van der Waals surface area contributed by atoms with Crippen molar-refractivity contribution >= 4 is 5.90 Å². The second-order valence-corrected chi connectivity index (χ2v) is 4.04. The Balaban J connectivity index is 2.04. The van der Waals surface area contributed by atoms with Crippen LogP contribution in [0.1, 0.15) is 31.4 Å². The number of nitrogens with zero attached hydrogens (tertiary/aromatic N) is 1. The maximum absolute atomic E-state index is 5.86. The Labute approximate surface area is 96.7 Å². The number of rotatable bonds is 4. The van der Waals surface area contributed by atoms with E-state index in [1.54, 1.807) is 0 Å². The molecule has 0 N–H and O–H groups in total. The molecule has 1 aliphatic heterocycles. The van der Waals surface area contributed by atoms with Gasteiger partial charge in [-0.05, 0) is 18.9 Å². The summed E-state index contributed by atoms with van der Waals surface area (Å²) in [5.41, 5.74) is 1.20. The second-order valence-electron chi connectivity index (χ2n) is 4.04. The summed E-state index contributed by atoms with van der Waals surface area (Å²) in [5, 5.41) is 0. The average Bonchev–Trinajstić information content (AvgIpc) is 2.69. The lowest BCUT2D eigenvalue weighted by Gasteiger charge is -2.14. The molecule has 0 bridgehead atoms. The van der Waals surface area contributed by atoms with Gasteiger partial charge in [-0.1, -0.05) is 36.4 Å². The summed E-state index contributed by atoms with van der Waals surface area (Å²) < 4.78 is 5.86. The molecule has 0 amide bonds. The molecule has 2 rings (SSSR count). The molecule has 2 atom stereocenters. The van der Waals surface area contributed by atoms with Crippen LogP contribution < -0.4 is 0 Å². The molecule has 0 radical (unpaired) electrons. The molecule has 0 saturated carbocycles. The van der Waals surface area contributed by atoms with Crippen molar-refractivity contribution in [2.75, 3.05) is 0 Å². The van der Waals surface area contributed by atoms with Crippen LogP contribution in [0.15, 0.2) is 48.0 Å². The zero-order valence-electron chi connectivity index (χ0n) is 9.60. The van der Waals surface area contributed by atoms with E-state index in [0.29, 0.717) is 0 Å². The monoisotopic (exact) mass is 215 g/mol. The molecule has 1 heterocycles. The van der Waals surface area contributed by atoms with Crippen LogP contribution in [0.5, 0.6) is 0 Å². The number of hydrogen-bond donors (Lipinski definition) is 0. The van der Waals surface area contributed by atoms with Gasteiger partial charge in [0.25, 0.3) is 0 Å². The zero-order valence-corrected chi connectivity index (χ0v) is 9.60. The summed E-state index contributed by atoms with van der Waals surface area (Å²) >= 11 is 0. The van der Waals surface area contributed by atoms with Crippen molar-refractivity contribution in [2.45, 2.75) is 31.9 Å². The average molecular weight is 215 g/mol. The summed E-state index contributed by atoms with van der Waals surface area (Å²) in [6.45, 7) is 5.80. The van der Waals surface area contributed by atoms with Crippen LogP contribution in [0, 0.1) is 0 Å². The molecule has 0 fully saturated rings. The van der Waals surface area contributed by atoms with Crippen LogP contribution in [-0.4, -0.2) is 11.9 Å². The fourth-order valence-electron chi connectivity index (χ4n) is 1.91. The lowest BCUT2D eigenvalue weighted by molar-refractivity contribution is 0.197. The van der Waals surface area contributed by atoms with Crippen molar-refractivity contribution < 1.29 is 4.74 Å². The molecule has 0 unspecified atom stereocenters. The van der Waals surface area contributed by atoms with E-state index in [0.717, 1.165) is 18.7 Å². The number of benzene rings is 1. The van der Waals surface area contributed by atoms with Gasteiger partial charge in [0.15, 0.2) is 5.90 Å². The van der Waals surface area contributed by atoms with Crippen molar-refractivity contribution in [3.63, 3.8) is 0 Å². The Kier molecular flexibility index (Phi) is 3.40. The van der Waals surface area contributed by atoms with Gasteiger partial charge in [0.05, 0.1) is 6.04 Å². The number of hydrogen-bond acceptors (Lipinski definition) is 2. The highest BCUT2D eigenvalue weighted by atomic mass is 16.5. The first-order chi connectivity index (χ1) is 7.81. The lowest BCUT2D eigenvalue weighted by atomic mass is 10.0. The molecule has 84 valence electrons. The van der Waals surface area contributed by atoms with Gasteiger partial charge in [-0.15, -0.1) is 6.58 Å². The molecule has 2 nitrogen and oxygen atoms in total. The molecular weight excluding hydrogens is 198 g/mol. The van der Waals surface area contributed by atoms with Crippen LogP contribution in [0.4, 0.5) is 0 Å². The Morgan fingerprint density at radius 2 is 2.12 bits per heavy atom. The van der Waals surface area contributed by atoms with E-state index < -0.39 is 0 Å². The highest BCUT2D eigenvalue weighted by molar-refractivity contribution is 5.78. The van der Waals surface area contributed by atoms with Crippen LogP contribution in [-0.2, 0) is 4.74 Å². The minimum absolute atomic E-state index is 0.0843. The van der Waals surface area contributed by atoms with Gasteiger partial charge in [-0.3, -0.25) is 0 Å². The third kappa shape index (κ3) is 2.32. The SMILES string of the molecule is C=CCCC1=N[C@H](C)[C@H](c2ccccc2)O1. The smallest absolute Gasteiger partial charge is 0.184 e. The highest BCUT2D eigenvalue weighted by Gasteiger charge is 2.27. The number of ether oxygens (including phenoxy) is 1. The largest absolute Gasteiger partial charge is 0.471 e. The van der Waals surface area contributed by atoms with Gasteiger partial charge in [0.1, 0.15) is 6.10 Å². The van der Waals surface area contributed by atoms with E-state index in [9.17, 15) is 0 Å². The Morgan fingerprint density at radius 1 is 1.38 bits per heavy atom. The Bertz CT molecular complexity index is 383. The number of allylic oxidation sites excluding steroid dienone is 1. The van der Waals surface area contributed by atoms with Crippen molar-refractivity contribution in [2.24, 2.45) is 4.99 Å². The van der Waals surface area contributed by atoms with Crippen molar-refractivity contribution in [3.8, 4) is 0 Å². The predicted octanol–water partition coefficient (Wildman–Crippen LogP) is 3.51. The van der Waals surface area contributed by atoms with Gasteiger partial charge < -0.3 is 4.74 Å². The molecule has 2 heteroatoms. The molecule has 1 aliphatic rings. The molecule has 0 aliphatic carbocycles. The van der Waals surface area contributed by atoms with Crippen LogP contribution in [0.25, 0.3) is 0 Å². The topological polar surface area (TPSA) is 21.6 Å². The molecular formula is C14H17NO. The van der Waals surface area contributed by atoms with Crippen LogP contribution in [0.2, 0.25) is 0 Å². The zero-order chi connectivity index (χ0) is 11.4. The molecule has 0 saturated heterocycles. The maximum atomic E-state index is 5.86. The van der Waals surface area contributed by atoms with Crippen molar-refractivity contribution in [1.82, 2.24) is 0 Å². The molecule has 16 heavy (non-hydrogen) atoms. The first kappa shape index (κ1) is 10.9. The van der Waals surface area contributed by atoms with Gasteiger partial charge in [-0.25, -0.2) is 4.99 Å². The summed E-state index contributed by atoms with van der Waals surface area (Å²) in [5.74, 6) is 0.862. The predicted molar refractivity (Wildman–Crippen MR) is 66.6 cm³/mol. The summed E-state index contributed by atoms with van der Waals surface area (Å²) in [7, 11) is 0. The fourth-order valence-corrected chi connectivity index (χ4v) is 1.91. The summed E-state index contributed by atoms with van der Waals surface area (Å²) in [6.07, 6.45) is 3.76. The summed E-state index contributed by atoms with van der Waals surface area (Å²) in [4.78, 5) is 4.53. The number of aliphatic imine (C=N–C) groups is 1. The second kappa shape index (κ2) is 4.97. The van der Waals surface area contributed by atoms with E-state index >= 15 is 0 Å². The van der Waals surface area contributed by atoms with Gasteiger partial charge >= 0.3 is 0 Å². The molecule has 1 aromatic carbocycles. The van der Waals surface area contributed by atoms with E-state index in [1.807, 2.05) is 24.3 Å². The third-order valence-electron chi connectivity index (χ3n) is 2.74. The molecule has 0 spiro atoms. The van der Waals surface area contributed by atoms with Crippen LogP contribution >= 0.6 is 0 Å². The van der Waals surface area contributed by atoms with Crippen LogP contribution in [0.3, 0.4) is 0 Å². The van der Waals surface area contributed by atoms with Crippen molar-refractivity contribution in [3.05, 3.63) is 48.6 Å². The van der Waals surface area contributed by atoms with Gasteiger partial charge in [0.2, 0.25) is 0 Å². The van der Waals surface area contributed by atoms with E-state index in [-0.39, 0.29) is 12.1 Å². The van der Waals surface area contributed by atoms with Gasteiger partial charge in [0, 0.05) is 6.42 Å². The van der Waals surface area contributed by atoms with E-state index in [2.05, 4.69) is 30.6 Å². The highest BCUT2D eigenvalue weighted by Crippen LogP contribution is 2.29. The minimum atomic E-state index is 0.0843. The fraction of sp³-hybridized carbons (Fsp3) is 0.357. The normalized spacial score (nSPS) is 23.7. The van der Waals surface area contributed by atoms with E-state index in [4.69, 9.17) is 4.74 Å². The third-order valence-corrected chi connectivity index (χ3v) is 2.74. The Morgan fingerprint density at radius 3 is 2.81 bits per heavy atom. The van der Waals surface area contributed by atoms with Crippen molar-refractivity contribution in [1.29, 1.82) is 0 Å². The Hall–Kier alpha value is -1.57. The lowest BCUT2D eigenvalue weighted by Crippen LogP contribution is -2.10. The summed E-state index contributed by atoms with van der Waals surface area (Å²) in [6, 6.07) is 10.5.